The number of nitrogens with one attached hydrogen (secondary N) is 2. The summed E-state index contributed by atoms with van der Waals surface area (Å²) >= 11 is 1.69. The average Bonchev–Trinajstić information content (AvgIpc) is 2.78. The largest absolute Gasteiger partial charge is 0.379 e. The van der Waals surface area contributed by atoms with Gasteiger partial charge in [0.2, 0.25) is 0 Å². The number of hydrogen-bond donors (Lipinski definition) is 2. The highest BCUT2D eigenvalue weighted by atomic mass is 127. The molecular formula is C14H27IN4OS. The number of thiazole rings is 1. The van der Waals surface area contributed by atoms with Gasteiger partial charge < -0.3 is 15.4 Å². The van der Waals surface area contributed by atoms with Crippen LogP contribution < -0.4 is 10.6 Å². The van der Waals surface area contributed by atoms with E-state index in [0.717, 1.165) is 17.5 Å². The summed E-state index contributed by atoms with van der Waals surface area (Å²) in [5.41, 5.74) is 0.0903. The summed E-state index contributed by atoms with van der Waals surface area (Å²) < 4.78 is 5.52. The Morgan fingerprint density at radius 1 is 1.43 bits per heavy atom. The van der Waals surface area contributed by atoms with E-state index in [1.807, 2.05) is 6.20 Å². The summed E-state index contributed by atoms with van der Waals surface area (Å²) in [7, 11) is 3.51. The lowest BCUT2D eigenvalue weighted by Gasteiger charge is -2.30. The first-order valence-electron chi connectivity index (χ1n) is 6.75. The summed E-state index contributed by atoms with van der Waals surface area (Å²) in [6, 6.07) is 0. The van der Waals surface area contributed by atoms with Crippen molar-refractivity contribution in [2.24, 2.45) is 10.4 Å². The van der Waals surface area contributed by atoms with Crippen molar-refractivity contribution in [2.45, 2.75) is 40.3 Å². The fourth-order valence-electron chi connectivity index (χ4n) is 1.80. The molecule has 0 fully saturated rings. The van der Waals surface area contributed by atoms with E-state index in [9.17, 15) is 0 Å². The summed E-state index contributed by atoms with van der Waals surface area (Å²) in [5, 5.41) is 7.62. The number of aliphatic imine (C=N–C) groups is 1. The summed E-state index contributed by atoms with van der Waals surface area (Å²) in [4.78, 5) is 9.75. The zero-order valence-corrected chi connectivity index (χ0v) is 16.8. The van der Waals surface area contributed by atoms with E-state index in [-0.39, 0.29) is 35.5 Å². The maximum absolute atomic E-state index is 5.52. The molecule has 0 aromatic carbocycles. The number of ether oxygens (including phenoxy) is 1. The predicted octanol–water partition coefficient (Wildman–Crippen LogP) is 2.80. The molecule has 1 heterocycles. The van der Waals surface area contributed by atoms with Gasteiger partial charge >= 0.3 is 0 Å². The van der Waals surface area contributed by atoms with Crippen LogP contribution in [0.15, 0.2) is 11.2 Å². The van der Waals surface area contributed by atoms with Gasteiger partial charge in [-0.2, -0.15) is 0 Å². The maximum atomic E-state index is 5.52. The van der Waals surface area contributed by atoms with Crippen LogP contribution in [-0.2, 0) is 11.3 Å². The monoisotopic (exact) mass is 426 g/mol. The van der Waals surface area contributed by atoms with Gasteiger partial charge in [-0.15, -0.1) is 35.3 Å². The zero-order chi connectivity index (χ0) is 15.2. The van der Waals surface area contributed by atoms with Gasteiger partial charge in [0, 0.05) is 31.8 Å². The van der Waals surface area contributed by atoms with Gasteiger partial charge in [-0.05, 0) is 12.3 Å². The minimum absolute atomic E-state index is 0. The van der Waals surface area contributed by atoms with E-state index in [2.05, 4.69) is 48.3 Å². The molecule has 21 heavy (non-hydrogen) atoms. The smallest absolute Gasteiger partial charge is 0.191 e. The molecule has 0 saturated carbocycles. The first-order chi connectivity index (χ1) is 9.36. The van der Waals surface area contributed by atoms with Crippen LogP contribution in [0.1, 0.15) is 30.7 Å². The predicted molar refractivity (Wildman–Crippen MR) is 101 cm³/mol. The molecule has 1 atom stereocenters. The molecular weight excluding hydrogens is 399 g/mol. The van der Waals surface area contributed by atoms with Gasteiger partial charge in [-0.25, -0.2) is 4.98 Å². The van der Waals surface area contributed by atoms with Crippen LogP contribution in [-0.4, -0.2) is 37.7 Å². The van der Waals surface area contributed by atoms with Crippen molar-refractivity contribution in [2.75, 3.05) is 20.7 Å². The zero-order valence-electron chi connectivity index (χ0n) is 13.7. The Morgan fingerprint density at radius 3 is 2.52 bits per heavy atom. The quantitative estimate of drug-likeness (QED) is 0.432. The molecule has 122 valence electrons. The Morgan fingerprint density at radius 2 is 2.10 bits per heavy atom. The second-order valence-electron chi connectivity index (χ2n) is 5.76. The Hall–Kier alpha value is -0.410. The van der Waals surface area contributed by atoms with Crippen molar-refractivity contribution >= 4 is 41.3 Å². The van der Waals surface area contributed by atoms with Gasteiger partial charge in [-0.1, -0.05) is 20.8 Å². The van der Waals surface area contributed by atoms with Gasteiger partial charge in [0.15, 0.2) is 5.96 Å². The van der Waals surface area contributed by atoms with Crippen LogP contribution in [0.3, 0.4) is 0 Å². The van der Waals surface area contributed by atoms with Crippen molar-refractivity contribution in [3.05, 3.63) is 16.1 Å². The highest BCUT2D eigenvalue weighted by Gasteiger charge is 2.24. The molecule has 0 spiro atoms. The maximum Gasteiger partial charge on any atom is 0.191 e. The van der Waals surface area contributed by atoms with E-state index < -0.39 is 0 Å². The van der Waals surface area contributed by atoms with Gasteiger partial charge in [0.05, 0.1) is 12.6 Å². The third-order valence-corrected chi connectivity index (χ3v) is 3.92. The van der Waals surface area contributed by atoms with Gasteiger partial charge in [0.1, 0.15) is 5.01 Å². The summed E-state index contributed by atoms with van der Waals surface area (Å²) in [5.74, 6) is 0.768. The van der Waals surface area contributed by atoms with Crippen molar-refractivity contribution < 1.29 is 4.74 Å². The molecule has 2 N–H and O–H groups in total. The second-order valence-corrected chi connectivity index (χ2v) is 7.08. The second kappa shape index (κ2) is 9.58. The minimum Gasteiger partial charge on any atom is -0.379 e. The molecule has 7 heteroatoms. The lowest BCUT2D eigenvalue weighted by Crippen LogP contribution is -2.45. The normalized spacial score (nSPS) is 13.5. The fraction of sp³-hybridized carbons (Fsp3) is 0.714. The summed E-state index contributed by atoms with van der Waals surface area (Å²) in [6.45, 7) is 9.95. The van der Waals surface area contributed by atoms with E-state index in [1.165, 1.54) is 4.88 Å². The Labute approximate surface area is 149 Å². The van der Waals surface area contributed by atoms with Crippen LogP contribution in [0.4, 0.5) is 0 Å². The van der Waals surface area contributed by atoms with Crippen LogP contribution >= 0.6 is 35.3 Å². The van der Waals surface area contributed by atoms with Crippen molar-refractivity contribution in [3.63, 3.8) is 0 Å². The summed E-state index contributed by atoms with van der Waals surface area (Å²) in [6.07, 6.45) is 2.02. The number of aromatic nitrogens is 1. The molecule has 0 aliphatic rings. The Bertz CT molecular complexity index is 442. The molecule has 0 aliphatic heterocycles. The number of guanidine groups is 1. The van der Waals surface area contributed by atoms with Crippen LogP contribution in [0, 0.1) is 12.3 Å². The lowest BCUT2D eigenvalue weighted by atomic mass is 9.89. The molecule has 1 aromatic rings. The van der Waals surface area contributed by atoms with Gasteiger partial charge in [-0.3, -0.25) is 4.99 Å². The van der Waals surface area contributed by atoms with E-state index in [1.54, 1.807) is 25.5 Å². The highest BCUT2D eigenvalue weighted by molar-refractivity contribution is 14.0. The lowest BCUT2D eigenvalue weighted by molar-refractivity contribution is 0.0205. The number of halogens is 1. The van der Waals surface area contributed by atoms with E-state index >= 15 is 0 Å². The average molecular weight is 426 g/mol. The fourth-order valence-corrected chi connectivity index (χ4v) is 2.52. The number of nitrogens with zero attached hydrogens (tertiary/aromatic N) is 2. The Kier molecular flexibility index (Phi) is 9.39. The number of methoxy groups -OCH3 is 1. The first-order valence-corrected chi connectivity index (χ1v) is 7.57. The first kappa shape index (κ1) is 20.6. The highest BCUT2D eigenvalue weighted by Crippen LogP contribution is 2.20. The number of rotatable bonds is 5. The SMILES string of the molecule is CN=C(NCc1ncc(C)s1)NCC(OC)C(C)(C)C.I. The Balaban J connectivity index is 0.00000400. The minimum atomic E-state index is 0. The van der Waals surface area contributed by atoms with Crippen molar-refractivity contribution in [1.29, 1.82) is 0 Å². The number of aryl methyl sites for hydroxylation is 1. The van der Waals surface area contributed by atoms with E-state index in [4.69, 9.17) is 4.74 Å². The number of hydrogen-bond acceptors (Lipinski definition) is 4. The van der Waals surface area contributed by atoms with Crippen LogP contribution in [0.25, 0.3) is 0 Å². The third-order valence-electron chi connectivity index (χ3n) is 3.01. The molecule has 1 rings (SSSR count). The molecule has 0 aliphatic carbocycles. The van der Waals surface area contributed by atoms with E-state index in [0.29, 0.717) is 6.54 Å². The molecule has 0 saturated heterocycles. The molecule has 1 unspecified atom stereocenters. The van der Waals surface area contributed by atoms with Crippen LogP contribution in [0.5, 0.6) is 0 Å². The third kappa shape index (κ3) is 7.42. The van der Waals surface area contributed by atoms with Crippen LogP contribution in [0.2, 0.25) is 0 Å². The van der Waals surface area contributed by atoms with Crippen molar-refractivity contribution in [3.8, 4) is 0 Å². The molecule has 0 bridgehead atoms. The van der Waals surface area contributed by atoms with Crippen molar-refractivity contribution in [1.82, 2.24) is 15.6 Å². The standard InChI is InChI=1S/C14H26N4OS.HI/c1-10-7-16-12(20-10)9-18-13(15-5)17-8-11(19-6)14(2,3)4;/h7,11H,8-9H2,1-6H3,(H2,15,17,18);1H. The molecule has 0 radical (unpaired) electrons. The molecule has 0 amide bonds. The topological polar surface area (TPSA) is 58.5 Å². The van der Waals surface area contributed by atoms with Gasteiger partial charge in [0.25, 0.3) is 0 Å². The molecule has 5 nitrogen and oxygen atoms in total. The molecule has 1 aromatic heterocycles.